The van der Waals surface area contributed by atoms with Crippen molar-refractivity contribution in [1.82, 2.24) is 9.97 Å². The normalized spacial score (nSPS) is 12.5. The van der Waals surface area contributed by atoms with E-state index in [1.807, 2.05) is 25.1 Å². The molecule has 2 heterocycles. The van der Waals surface area contributed by atoms with E-state index in [9.17, 15) is 9.59 Å². The fourth-order valence-electron chi connectivity index (χ4n) is 2.67. The van der Waals surface area contributed by atoms with Gasteiger partial charge in [0.15, 0.2) is 5.16 Å². The highest BCUT2D eigenvalue weighted by molar-refractivity contribution is 8.00. The summed E-state index contributed by atoms with van der Waals surface area (Å²) in [6, 6.07) is 5.75. The van der Waals surface area contributed by atoms with E-state index in [-0.39, 0.29) is 5.56 Å². The van der Waals surface area contributed by atoms with Crippen molar-refractivity contribution < 1.29 is 4.79 Å². The number of halogens is 1. The van der Waals surface area contributed by atoms with Crippen molar-refractivity contribution in [3.8, 4) is 11.1 Å². The van der Waals surface area contributed by atoms with Gasteiger partial charge in [0, 0.05) is 15.5 Å². The van der Waals surface area contributed by atoms with Crippen LogP contribution in [0.2, 0.25) is 5.02 Å². The molecule has 1 unspecified atom stereocenters. The molecule has 136 valence electrons. The minimum Gasteiger partial charge on any atom is -0.369 e. The molecule has 1 aromatic carbocycles. The van der Waals surface area contributed by atoms with Crippen LogP contribution in [0.1, 0.15) is 24.3 Å². The van der Waals surface area contributed by atoms with E-state index in [2.05, 4.69) is 16.9 Å². The molecular weight excluding hydrogens is 390 g/mol. The second-order valence-corrected chi connectivity index (χ2v) is 8.75. The molecule has 3 aromatic rings. The molecule has 1 atom stereocenters. The Kier molecular flexibility index (Phi) is 5.41. The Bertz CT molecular complexity index is 1060. The van der Waals surface area contributed by atoms with Crippen molar-refractivity contribution in [3.05, 3.63) is 44.0 Å². The van der Waals surface area contributed by atoms with Crippen LogP contribution in [0.25, 0.3) is 21.3 Å². The minimum atomic E-state index is -0.473. The summed E-state index contributed by atoms with van der Waals surface area (Å²) < 4.78 is 0. The van der Waals surface area contributed by atoms with Crippen molar-refractivity contribution in [1.29, 1.82) is 0 Å². The average Bonchev–Trinajstić information content (AvgIpc) is 2.96. The number of aromatic nitrogens is 2. The molecular formula is C18H18ClN3O2S2. The summed E-state index contributed by atoms with van der Waals surface area (Å²) >= 11 is 8.79. The number of nitrogens with zero attached hydrogens (tertiary/aromatic N) is 1. The van der Waals surface area contributed by atoms with Gasteiger partial charge in [0.05, 0.1) is 10.6 Å². The molecule has 0 saturated heterocycles. The number of hydrogen-bond acceptors (Lipinski definition) is 5. The van der Waals surface area contributed by atoms with Crippen LogP contribution >= 0.6 is 34.7 Å². The predicted octanol–water partition coefficient (Wildman–Crippen LogP) is 4.14. The zero-order chi connectivity index (χ0) is 19.0. The van der Waals surface area contributed by atoms with Crippen molar-refractivity contribution in [2.75, 3.05) is 0 Å². The first-order chi connectivity index (χ1) is 12.3. The molecule has 0 fully saturated rings. The summed E-state index contributed by atoms with van der Waals surface area (Å²) in [4.78, 5) is 33.1. The van der Waals surface area contributed by atoms with Gasteiger partial charge in [0.25, 0.3) is 5.56 Å². The number of hydrogen-bond donors (Lipinski definition) is 2. The maximum absolute atomic E-state index is 12.8. The largest absolute Gasteiger partial charge is 0.369 e. The van der Waals surface area contributed by atoms with Gasteiger partial charge >= 0.3 is 0 Å². The predicted molar refractivity (Wildman–Crippen MR) is 109 cm³/mol. The second-order valence-electron chi connectivity index (χ2n) is 5.93. The highest BCUT2D eigenvalue weighted by Gasteiger charge is 2.20. The van der Waals surface area contributed by atoms with Crippen LogP contribution < -0.4 is 11.3 Å². The maximum Gasteiger partial charge on any atom is 0.260 e. The number of nitrogens with one attached hydrogen (secondary N) is 1. The SMILES string of the molecule is CCc1sc2nc(SC(C)C(N)=O)[nH]c(=O)c2c1-c1ccc(Cl)c(C)c1. The molecule has 8 heteroatoms. The Hall–Kier alpha value is -1.83. The number of carbonyl (C=O) groups excluding carboxylic acids is 1. The molecule has 2 aromatic heterocycles. The molecule has 1 amide bonds. The Morgan fingerprint density at radius 2 is 2.19 bits per heavy atom. The quantitative estimate of drug-likeness (QED) is 0.491. The third-order valence-corrected chi connectivity index (χ3v) is 6.72. The highest BCUT2D eigenvalue weighted by Crippen LogP contribution is 2.38. The van der Waals surface area contributed by atoms with Gasteiger partial charge < -0.3 is 10.7 Å². The van der Waals surface area contributed by atoms with E-state index in [1.54, 1.807) is 6.92 Å². The monoisotopic (exact) mass is 407 g/mol. The third-order valence-electron chi connectivity index (χ3n) is 4.07. The molecule has 3 N–H and O–H groups in total. The van der Waals surface area contributed by atoms with E-state index in [0.717, 1.165) is 39.8 Å². The number of nitrogens with two attached hydrogens (primary N) is 1. The van der Waals surface area contributed by atoms with Gasteiger partial charge in [-0.25, -0.2) is 4.98 Å². The van der Waals surface area contributed by atoms with Gasteiger partial charge in [0.2, 0.25) is 5.91 Å². The summed E-state index contributed by atoms with van der Waals surface area (Å²) in [5, 5.41) is 1.19. The molecule has 0 saturated carbocycles. The second kappa shape index (κ2) is 7.42. The Balaban J connectivity index is 2.19. The lowest BCUT2D eigenvalue weighted by Crippen LogP contribution is -2.23. The molecule has 5 nitrogen and oxygen atoms in total. The van der Waals surface area contributed by atoms with Gasteiger partial charge in [0.1, 0.15) is 4.83 Å². The number of rotatable bonds is 5. The zero-order valence-corrected chi connectivity index (χ0v) is 16.9. The van der Waals surface area contributed by atoms with Crippen LogP contribution in [-0.2, 0) is 11.2 Å². The molecule has 0 spiro atoms. The first-order valence-electron chi connectivity index (χ1n) is 8.10. The number of amides is 1. The van der Waals surface area contributed by atoms with Gasteiger partial charge in [-0.05, 0) is 43.5 Å². The smallest absolute Gasteiger partial charge is 0.260 e. The van der Waals surface area contributed by atoms with Crippen molar-refractivity contribution in [2.24, 2.45) is 5.73 Å². The lowest BCUT2D eigenvalue weighted by molar-refractivity contribution is -0.117. The first-order valence-corrected chi connectivity index (χ1v) is 10.2. The maximum atomic E-state index is 12.8. The number of thiophene rings is 1. The van der Waals surface area contributed by atoms with Crippen molar-refractivity contribution in [3.63, 3.8) is 0 Å². The van der Waals surface area contributed by atoms with Crippen LogP contribution in [0.15, 0.2) is 28.2 Å². The van der Waals surface area contributed by atoms with Gasteiger partial charge in [-0.3, -0.25) is 9.59 Å². The number of benzene rings is 1. The van der Waals surface area contributed by atoms with Gasteiger partial charge in [-0.1, -0.05) is 36.4 Å². The number of aromatic amines is 1. The number of aryl methyl sites for hydroxylation is 2. The number of H-pyrrole nitrogens is 1. The van der Waals surface area contributed by atoms with E-state index >= 15 is 0 Å². The lowest BCUT2D eigenvalue weighted by atomic mass is 10.0. The van der Waals surface area contributed by atoms with E-state index in [1.165, 1.54) is 11.3 Å². The fraction of sp³-hybridized carbons (Fsp3) is 0.278. The molecule has 0 aliphatic heterocycles. The van der Waals surface area contributed by atoms with Crippen molar-refractivity contribution >= 4 is 50.8 Å². The summed E-state index contributed by atoms with van der Waals surface area (Å²) in [6.07, 6.45) is 0.789. The number of primary amides is 1. The summed E-state index contributed by atoms with van der Waals surface area (Å²) in [5.41, 5.74) is 7.90. The van der Waals surface area contributed by atoms with Crippen LogP contribution in [0.4, 0.5) is 0 Å². The Labute approximate surface area is 164 Å². The molecule has 0 aliphatic rings. The molecule has 0 radical (unpaired) electrons. The van der Waals surface area contributed by atoms with Gasteiger partial charge in [-0.15, -0.1) is 11.3 Å². The molecule has 3 rings (SSSR count). The Morgan fingerprint density at radius 3 is 2.81 bits per heavy atom. The fourth-order valence-corrected chi connectivity index (χ4v) is 4.73. The summed E-state index contributed by atoms with van der Waals surface area (Å²) in [6.45, 7) is 5.68. The van der Waals surface area contributed by atoms with Crippen LogP contribution in [-0.4, -0.2) is 21.1 Å². The van der Waals surface area contributed by atoms with Crippen LogP contribution in [0.5, 0.6) is 0 Å². The molecule has 0 aliphatic carbocycles. The number of carbonyl (C=O) groups is 1. The summed E-state index contributed by atoms with van der Waals surface area (Å²) in [7, 11) is 0. The third kappa shape index (κ3) is 3.51. The van der Waals surface area contributed by atoms with Crippen LogP contribution in [0.3, 0.4) is 0 Å². The van der Waals surface area contributed by atoms with Crippen molar-refractivity contribution in [2.45, 2.75) is 37.6 Å². The molecule has 0 bridgehead atoms. The Morgan fingerprint density at radius 1 is 1.46 bits per heavy atom. The van der Waals surface area contributed by atoms with E-state index in [0.29, 0.717) is 20.4 Å². The number of fused-ring (bicyclic) bond motifs is 1. The van der Waals surface area contributed by atoms with Crippen LogP contribution in [0, 0.1) is 6.92 Å². The summed E-state index contributed by atoms with van der Waals surface area (Å²) in [5.74, 6) is -0.449. The zero-order valence-electron chi connectivity index (χ0n) is 14.6. The first kappa shape index (κ1) is 18.9. The van der Waals surface area contributed by atoms with Gasteiger partial charge in [-0.2, -0.15) is 0 Å². The highest BCUT2D eigenvalue weighted by atomic mass is 35.5. The van der Waals surface area contributed by atoms with E-state index < -0.39 is 11.2 Å². The topological polar surface area (TPSA) is 88.8 Å². The standard InChI is InChI=1S/C18H18ClN3O2S2/c1-4-12-13(10-5-6-11(19)8(2)7-10)14-16(24)21-18(22-17(14)26-12)25-9(3)15(20)23/h5-7,9H,4H2,1-3H3,(H2,20,23)(H,21,22,24). The number of thioether (sulfide) groups is 1. The minimum absolute atomic E-state index is 0.215. The molecule has 26 heavy (non-hydrogen) atoms. The average molecular weight is 408 g/mol. The lowest BCUT2D eigenvalue weighted by Gasteiger charge is -2.07. The van der Waals surface area contributed by atoms with E-state index in [4.69, 9.17) is 17.3 Å².